The average molecular weight is 282 g/mol. The molecule has 0 bridgehead atoms. The van der Waals surface area contributed by atoms with Crippen LogP contribution in [0, 0.1) is 0 Å². The Labute approximate surface area is 113 Å². The van der Waals surface area contributed by atoms with Crippen molar-refractivity contribution in [2.24, 2.45) is 5.73 Å². The molecule has 3 N–H and O–H groups in total. The number of hydrogen-bond acceptors (Lipinski definition) is 4. The SMILES string of the molecule is CC(c1ccc(Cc2cccs2)s1)N(O)C(N)=O. The summed E-state index contributed by atoms with van der Waals surface area (Å²) in [6.07, 6.45) is 0.886. The second-order valence-electron chi connectivity index (χ2n) is 3.92. The Bertz CT molecular complexity index is 522. The van der Waals surface area contributed by atoms with E-state index >= 15 is 0 Å². The van der Waals surface area contributed by atoms with Crippen LogP contribution in [0.5, 0.6) is 0 Å². The van der Waals surface area contributed by atoms with Crippen LogP contribution in [0.1, 0.15) is 27.6 Å². The molecule has 2 rings (SSSR count). The van der Waals surface area contributed by atoms with Crippen LogP contribution in [0.15, 0.2) is 29.6 Å². The zero-order valence-corrected chi connectivity index (χ0v) is 11.5. The van der Waals surface area contributed by atoms with Crippen LogP contribution in [-0.4, -0.2) is 16.3 Å². The van der Waals surface area contributed by atoms with E-state index in [1.807, 2.05) is 18.2 Å². The van der Waals surface area contributed by atoms with E-state index in [9.17, 15) is 10.0 Å². The van der Waals surface area contributed by atoms with Crippen molar-refractivity contribution in [1.82, 2.24) is 5.06 Å². The highest BCUT2D eigenvalue weighted by Gasteiger charge is 2.18. The predicted molar refractivity (Wildman–Crippen MR) is 73.1 cm³/mol. The van der Waals surface area contributed by atoms with Crippen molar-refractivity contribution in [2.45, 2.75) is 19.4 Å². The summed E-state index contributed by atoms with van der Waals surface area (Å²) in [6, 6.07) is 6.81. The van der Waals surface area contributed by atoms with E-state index in [1.54, 1.807) is 29.6 Å². The maximum absolute atomic E-state index is 10.9. The Morgan fingerprint density at radius 1 is 1.44 bits per heavy atom. The minimum Gasteiger partial charge on any atom is -0.350 e. The van der Waals surface area contributed by atoms with Gasteiger partial charge in [-0.2, -0.15) is 5.06 Å². The van der Waals surface area contributed by atoms with E-state index in [4.69, 9.17) is 5.73 Å². The lowest BCUT2D eigenvalue weighted by molar-refractivity contribution is -0.0700. The molecule has 2 heterocycles. The first kappa shape index (κ1) is 13.1. The monoisotopic (exact) mass is 282 g/mol. The zero-order valence-electron chi connectivity index (χ0n) is 9.87. The summed E-state index contributed by atoms with van der Waals surface area (Å²) in [4.78, 5) is 14.3. The van der Waals surface area contributed by atoms with Gasteiger partial charge in [0.1, 0.15) is 0 Å². The summed E-state index contributed by atoms with van der Waals surface area (Å²) in [5.41, 5.74) is 5.03. The second-order valence-corrected chi connectivity index (χ2v) is 6.15. The number of carbonyl (C=O) groups excluding carboxylic acids is 1. The van der Waals surface area contributed by atoms with E-state index in [0.29, 0.717) is 5.06 Å². The molecule has 0 spiro atoms. The lowest BCUT2D eigenvalue weighted by Crippen LogP contribution is -2.34. The number of carbonyl (C=O) groups is 1. The third kappa shape index (κ3) is 2.90. The molecule has 0 aromatic carbocycles. The Morgan fingerprint density at radius 2 is 2.22 bits per heavy atom. The third-order valence-corrected chi connectivity index (χ3v) is 4.75. The van der Waals surface area contributed by atoms with Crippen molar-refractivity contribution in [3.05, 3.63) is 44.3 Å². The molecule has 0 aliphatic heterocycles. The Hall–Kier alpha value is -1.37. The Balaban J connectivity index is 2.08. The molecule has 1 unspecified atom stereocenters. The van der Waals surface area contributed by atoms with Gasteiger partial charge in [0.05, 0.1) is 6.04 Å². The first-order valence-electron chi connectivity index (χ1n) is 5.46. The molecule has 2 aromatic heterocycles. The number of hydrogen-bond donors (Lipinski definition) is 2. The minimum absolute atomic E-state index is 0.412. The predicted octanol–water partition coefficient (Wildman–Crippen LogP) is 3.23. The summed E-state index contributed by atoms with van der Waals surface area (Å²) in [5.74, 6) is 0. The topological polar surface area (TPSA) is 66.6 Å². The highest BCUT2D eigenvalue weighted by atomic mass is 32.1. The standard InChI is InChI=1S/C12H14N2O2S2/c1-8(14(16)12(13)15)11-5-4-10(18-11)7-9-3-2-6-17-9/h2-6,8,16H,7H2,1H3,(H2,13,15). The number of urea groups is 1. The van der Waals surface area contributed by atoms with Crippen molar-refractivity contribution >= 4 is 28.7 Å². The molecule has 6 heteroatoms. The maximum atomic E-state index is 10.9. The molecule has 0 saturated carbocycles. The fourth-order valence-electron chi connectivity index (χ4n) is 1.61. The smallest absolute Gasteiger partial charge is 0.339 e. The van der Waals surface area contributed by atoms with Crippen LogP contribution in [0.2, 0.25) is 0 Å². The third-order valence-electron chi connectivity index (χ3n) is 2.62. The molecule has 18 heavy (non-hydrogen) atoms. The Kier molecular flexibility index (Phi) is 4.00. The normalized spacial score (nSPS) is 12.3. The van der Waals surface area contributed by atoms with E-state index in [1.165, 1.54) is 9.75 Å². The van der Waals surface area contributed by atoms with E-state index < -0.39 is 12.1 Å². The number of primary amides is 1. The van der Waals surface area contributed by atoms with Gasteiger partial charge < -0.3 is 5.73 Å². The van der Waals surface area contributed by atoms with Crippen LogP contribution < -0.4 is 5.73 Å². The molecule has 4 nitrogen and oxygen atoms in total. The number of hydroxylamine groups is 2. The van der Waals surface area contributed by atoms with Crippen molar-refractivity contribution in [3.8, 4) is 0 Å². The summed E-state index contributed by atoms with van der Waals surface area (Å²) < 4.78 is 0. The van der Waals surface area contributed by atoms with E-state index in [0.717, 1.165) is 11.3 Å². The van der Waals surface area contributed by atoms with Gasteiger partial charge in [0.2, 0.25) is 0 Å². The first-order valence-corrected chi connectivity index (χ1v) is 7.16. The molecule has 0 aliphatic rings. The van der Waals surface area contributed by atoms with Crippen LogP contribution in [0.3, 0.4) is 0 Å². The Morgan fingerprint density at radius 3 is 2.83 bits per heavy atom. The zero-order chi connectivity index (χ0) is 13.1. The minimum atomic E-state index is -0.837. The van der Waals surface area contributed by atoms with Crippen molar-refractivity contribution in [2.75, 3.05) is 0 Å². The molecule has 96 valence electrons. The summed E-state index contributed by atoms with van der Waals surface area (Å²) in [7, 11) is 0. The molecule has 1 atom stereocenters. The lowest BCUT2D eigenvalue weighted by atomic mass is 10.2. The molecule has 0 fully saturated rings. The van der Waals surface area contributed by atoms with Gasteiger partial charge in [0.25, 0.3) is 0 Å². The van der Waals surface area contributed by atoms with Gasteiger partial charge in [-0.15, -0.1) is 22.7 Å². The van der Waals surface area contributed by atoms with Gasteiger partial charge in [0.15, 0.2) is 0 Å². The highest BCUT2D eigenvalue weighted by Crippen LogP contribution is 2.28. The van der Waals surface area contributed by atoms with Crippen LogP contribution in [0.4, 0.5) is 4.79 Å². The van der Waals surface area contributed by atoms with Crippen molar-refractivity contribution in [1.29, 1.82) is 0 Å². The van der Waals surface area contributed by atoms with Crippen LogP contribution in [-0.2, 0) is 6.42 Å². The fourth-order valence-corrected chi connectivity index (χ4v) is 3.50. The van der Waals surface area contributed by atoms with E-state index in [-0.39, 0.29) is 0 Å². The van der Waals surface area contributed by atoms with Gasteiger partial charge in [-0.3, -0.25) is 5.21 Å². The quantitative estimate of drug-likeness (QED) is 0.668. The number of rotatable bonds is 4. The number of thiophene rings is 2. The van der Waals surface area contributed by atoms with Crippen molar-refractivity contribution in [3.63, 3.8) is 0 Å². The van der Waals surface area contributed by atoms with Crippen LogP contribution in [0.25, 0.3) is 0 Å². The number of amides is 2. The molecular formula is C12H14N2O2S2. The maximum Gasteiger partial charge on any atom is 0.339 e. The van der Waals surface area contributed by atoms with Gasteiger partial charge in [-0.1, -0.05) is 6.07 Å². The largest absolute Gasteiger partial charge is 0.350 e. The number of nitrogens with zero attached hydrogens (tertiary/aromatic N) is 1. The fraction of sp³-hybridized carbons (Fsp3) is 0.250. The van der Waals surface area contributed by atoms with Gasteiger partial charge in [-0.05, 0) is 30.5 Å². The van der Waals surface area contributed by atoms with E-state index in [2.05, 4.69) is 11.4 Å². The number of nitrogens with two attached hydrogens (primary N) is 1. The molecular weight excluding hydrogens is 268 g/mol. The summed E-state index contributed by atoms with van der Waals surface area (Å²) in [5, 5.41) is 12.1. The lowest BCUT2D eigenvalue weighted by Gasteiger charge is -2.18. The second kappa shape index (κ2) is 5.51. The van der Waals surface area contributed by atoms with Crippen molar-refractivity contribution < 1.29 is 10.0 Å². The molecule has 2 amide bonds. The highest BCUT2D eigenvalue weighted by molar-refractivity contribution is 7.12. The summed E-state index contributed by atoms with van der Waals surface area (Å²) >= 11 is 3.30. The molecule has 0 aliphatic carbocycles. The molecule has 0 radical (unpaired) electrons. The first-order chi connectivity index (χ1) is 8.58. The van der Waals surface area contributed by atoms with Gasteiger partial charge >= 0.3 is 6.03 Å². The van der Waals surface area contributed by atoms with Gasteiger partial charge in [0, 0.05) is 21.1 Å². The average Bonchev–Trinajstić information content (AvgIpc) is 2.99. The summed E-state index contributed by atoms with van der Waals surface area (Å²) in [6.45, 7) is 1.74. The van der Waals surface area contributed by atoms with Crippen LogP contribution >= 0.6 is 22.7 Å². The molecule has 0 saturated heterocycles. The van der Waals surface area contributed by atoms with Gasteiger partial charge in [-0.25, -0.2) is 4.79 Å². The molecule has 2 aromatic rings.